The lowest BCUT2D eigenvalue weighted by Gasteiger charge is -2.13. The highest BCUT2D eigenvalue weighted by Gasteiger charge is 2.37. The summed E-state index contributed by atoms with van der Waals surface area (Å²) in [5.74, 6) is -4.91. The highest BCUT2D eigenvalue weighted by atomic mass is 19.3. The number of carbonyl (C=O) groups is 1. The van der Waals surface area contributed by atoms with E-state index < -0.39 is 18.3 Å². The quantitative estimate of drug-likeness (QED) is 0.807. The first kappa shape index (κ1) is 10.6. The van der Waals surface area contributed by atoms with Gasteiger partial charge in [0.25, 0.3) is 5.92 Å². The van der Waals surface area contributed by atoms with Crippen LogP contribution < -0.4 is 0 Å². The van der Waals surface area contributed by atoms with Gasteiger partial charge < -0.3 is 5.11 Å². The van der Waals surface area contributed by atoms with E-state index in [4.69, 9.17) is 5.11 Å². The van der Waals surface area contributed by atoms with Crippen LogP contribution in [0.25, 0.3) is 0 Å². The summed E-state index contributed by atoms with van der Waals surface area (Å²) in [4.78, 5) is 10.2. The summed E-state index contributed by atoms with van der Waals surface area (Å²) in [5.41, 5.74) is 0.0602. The van der Waals surface area contributed by atoms with Crippen LogP contribution >= 0.6 is 0 Å². The van der Waals surface area contributed by atoms with Crippen molar-refractivity contribution in [3.8, 4) is 0 Å². The van der Waals surface area contributed by atoms with Gasteiger partial charge in [0.2, 0.25) is 0 Å². The number of aromatic nitrogens is 2. The Balaban J connectivity index is 3.02. The molecular formula is C8H10F2N2O2. The number of aliphatic carboxylic acids is 1. The number of aryl methyl sites for hydroxylation is 2. The van der Waals surface area contributed by atoms with Crippen LogP contribution in [-0.2, 0) is 17.8 Å². The van der Waals surface area contributed by atoms with Gasteiger partial charge in [0, 0.05) is 7.05 Å². The van der Waals surface area contributed by atoms with Crippen LogP contribution in [0.2, 0.25) is 0 Å². The van der Waals surface area contributed by atoms with Gasteiger partial charge in [0.05, 0.1) is 5.69 Å². The third-order valence-electron chi connectivity index (χ3n) is 1.75. The van der Waals surface area contributed by atoms with Crippen molar-refractivity contribution >= 4 is 5.97 Å². The zero-order valence-corrected chi connectivity index (χ0v) is 7.79. The van der Waals surface area contributed by atoms with Crippen LogP contribution in [-0.4, -0.2) is 20.9 Å². The fourth-order valence-electron chi connectivity index (χ4n) is 1.23. The summed E-state index contributed by atoms with van der Waals surface area (Å²) in [5, 5.41) is 12.0. The maximum Gasteiger partial charge on any atom is 0.309 e. The van der Waals surface area contributed by atoms with Gasteiger partial charge in [0.1, 0.15) is 12.1 Å². The van der Waals surface area contributed by atoms with Crippen LogP contribution in [0.5, 0.6) is 0 Å². The molecule has 1 aromatic heterocycles. The van der Waals surface area contributed by atoms with Crippen molar-refractivity contribution in [2.75, 3.05) is 0 Å². The van der Waals surface area contributed by atoms with Gasteiger partial charge in [-0.1, -0.05) is 0 Å². The average Bonchev–Trinajstić information content (AvgIpc) is 2.27. The molecule has 0 aliphatic carbocycles. The summed E-state index contributed by atoms with van der Waals surface area (Å²) in [6.45, 7) is 1.57. The van der Waals surface area contributed by atoms with E-state index >= 15 is 0 Å². The number of alkyl halides is 2. The molecule has 0 saturated carbocycles. The number of rotatable bonds is 3. The summed E-state index contributed by atoms with van der Waals surface area (Å²) >= 11 is 0. The number of carboxylic acids is 1. The summed E-state index contributed by atoms with van der Waals surface area (Å²) < 4.78 is 27.5. The lowest BCUT2D eigenvalue weighted by Crippen LogP contribution is -2.21. The molecular weight excluding hydrogens is 194 g/mol. The Kier molecular flexibility index (Phi) is 2.55. The van der Waals surface area contributed by atoms with E-state index in [1.165, 1.54) is 13.1 Å². The molecule has 0 radical (unpaired) electrons. The summed E-state index contributed by atoms with van der Waals surface area (Å²) in [6, 6.07) is 1.18. The molecule has 1 rings (SSSR count). The molecule has 1 heterocycles. The van der Waals surface area contributed by atoms with Crippen molar-refractivity contribution in [2.45, 2.75) is 19.3 Å². The van der Waals surface area contributed by atoms with E-state index in [2.05, 4.69) is 5.10 Å². The van der Waals surface area contributed by atoms with E-state index in [-0.39, 0.29) is 5.69 Å². The van der Waals surface area contributed by atoms with Crippen LogP contribution in [0.4, 0.5) is 8.78 Å². The van der Waals surface area contributed by atoms with Gasteiger partial charge in [-0.25, -0.2) is 0 Å². The number of nitrogens with zero attached hydrogens (tertiary/aromatic N) is 2. The van der Waals surface area contributed by atoms with Gasteiger partial charge in [0.15, 0.2) is 0 Å². The predicted molar refractivity (Wildman–Crippen MR) is 44.1 cm³/mol. The molecule has 14 heavy (non-hydrogen) atoms. The molecule has 6 heteroatoms. The molecule has 0 aromatic carbocycles. The molecule has 0 amide bonds. The molecule has 0 atom stereocenters. The Morgan fingerprint density at radius 3 is 2.64 bits per heavy atom. The molecule has 78 valence electrons. The van der Waals surface area contributed by atoms with Crippen LogP contribution in [0, 0.1) is 6.92 Å². The molecule has 4 nitrogen and oxygen atoms in total. The SMILES string of the molecule is Cc1cc(C(F)(F)CC(=O)O)n(C)n1. The van der Waals surface area contributed by atoms with Gasteiger partial charge in [-0.15, -0.1) is 0 Å². The molecule has 0 spiro atoms. The van der Waals surface area contributed by atoms with Crippen LogP contribution in [0.1, 0.15) is 17.8 Å². The van der Waals surface area contributed by atoms with E-state index in [0.29, 0.717) is 5.69 Å². The van der Waals surface area contributed by atoms with E-state index in [9.17, 15) is 13.6 Å². The second kappa shape index (κ2) is 3.36. The van der Waals surface area contributed by atoms with Crippen LogP contribution in [0.3, 0.4) is 0 Å². The van der Waals surface area contributed by atoms with Crippen molar-refractivity contribution in [3.05, 3.63) is 17.5 Å². The second-order valence-corrected chi connectivity index (χ2v) is 3.07. The molecule has 0 bridgehead atoms. The average molecular weight is 204 g/mol. The number of hydrogen-bond donors (Lipinski definition) is 1. The summed E-state index contributed by atoms with van der Waals surface area (Å²) in [6.07, 6.45) is -1.22. The second-order valence-electron chi connectivity index (χ2n) is 3.07. The number of hydrogen-bond acceptors (Lipinski definition) is 2. The zero-order valence-electron chi connectivity index (χ0n) is 7.79. The lowest BCUT2D eigenvalue weighted by molar-refractivity contribution is -0.146. The monoisotopic (exact) mass is 204 g/mol. The minimum absolute atomic E-state index is 0.377. The topological polar surface area (TPSA) is 55.1 Å². The Labute approximate surface area is 79.2 Å². The molecule has 0 unspecified atom stereocenters. The maximum absolute atomic E-state index is 13.2. The first-order valence-corrected chi connectivity index (χ1v) is 3.93. The van der Waals surface area contributed by atoms with Crippen molar-refractivity contribution in [1.29, 1.82) is 0 Å². The minimum Gasteiger partial charge on any atom is -0.481 e. The largest absolute Gasteiger partial charge is 0.481 e. The van der Waals surface area contributed by atoms with Crippen molar-refractivity contribution in [3.63, 3.8) is 0 Å². The third-order valence-corrected chi connectivity index (χ3v) is 1.75. The molecule has 0 fully saturated rings. The van der Waals surface area contributed by atoms with Crippen molar-refractivity contribution in [2.24, 2.45) is 7.05 Å². The molecule has 0 aliphatic rings. The fourth-order valence-corrected chi connectivity index (χ4v) is 1.23. The van der Waals surface area contributed by atoms with E-state index in [1.54, 1.807) is 6.92 Å². The van der Waals surface area contributed by atoms with E-state index in [0.717, 1.165) is 4.68 Å². The van der Waals surface area contributed by atoms with Crippen LogP contribution in [0.15, 0.2) is 6.07 Å². The number of halogens is 2. The van der Waals surface area contributed by atoms with Gasteiger partial charge >= 0.3 is 5.97 Å². The Hall–Kier alpha value is -1.46. The smallest absolute Gasteiger partial charge is 0.309 e. The minimum atomic E-state index is -3.37. The molecule has 1 N–H and O–H groups in total. The zero-order chi connectivity index (χ0) is 10.9. The summed E-state index contributed by atoms with van der Waals surface area (Å²) in [7, 11) is 1.36. The van der Waals surface area contributed by atoms with Crippen molar-refractivity contribution in [1.82, 2.24) is 9.78 Å². The first-order valence-electron chi connectivity index (χ1n) is 3.93. The normalized spacial score (nSPS) is 11.7. The Morgan fingerprint density at radius 1 is 1.71 bits per heavy atom. The first-order chi connectivity index (χ1) is 6.33. The number of carboxylic acid groups (broad SMARTS) is 1. The highest BCUT2D eigenvalue weighted by Crippen LogP contribution is 2.31. The maximum atomic E-state index is 13.2. The van der Waals surface area contributed by atoms with E-state index in [1.807, 2.05) is 0 Å². The van der Waals surface area contributed by atoms with Gasteiger partial charge in [-0.3, -0.25) is 9.48 Å². The van der Waals surface area contributed by atoms with Gasteiger partial charge in [-0.2, -0.15) is 13.9 Å². The molecule has 0 aliphatic heterocycles. The lowest BCUT2D eigenvalue weighted by atomic mass is 10.1. The molecule has 0 saturated heterocycles. The Morgan fingerprint density at radius 2 is 2.29 bits per heavy atom. The van der Waals surface area contributed by atoms with Crippen molar-refractivity contribution < 1.29 is 18.7 Å². The highest BCUT2D eigenvalue weighted by molar-refractivity contribution is 5.68. The predicted octanol–water partition coefficient (Wildman–Crippen LogP) is 1.30. The van der Waals surface area contributed by atoms with Gasteiger partial charge in [-0.05, 0) is 13.0 Å². The molecule has 1 aromatic rings. The fraction of sp³-hybridized carbons (Fsp3) is 0.500. The third kappa shape index (κ3) is 2.07. The Bertz CT molecular complexity index is 360. The standard InChI is InChI=1S/C8H10F2N2O2/c1-5-3-6(12(2)11-5)8(9,10)4-7(13)14/h3H,4H2,1-2H3,(H,13,14).